The lowest BCUT2D eigenvalue weighted by Crippen LogP contribution is -2.24. The van der Waals surface area contributed by atoms with Crippen LogP contribution < -0.4 is 25.5 Å². The predicted molar refractivity (Wildman–Crippen MR) is 155 cm³/mol. The second-order valence-electron chi connectivity index (χ2n) is 8.87. The van der Waals surface area contributed by atoms with Crippen LogP contribution in [0.1, 0.15) is 41.8 Å². The number of hydrogen-bond acceptors (Lipinski definition) is 8. The number of amides is 3. The molecule has 3 rings (SSSR count). The third kappa shape index (κ3) is 10.5. The van der Waals surface area contributed by atoms with Crippen molar-refractivity contribution < 1.29 is 46.6 Å². The molecule has 232 valence electrons. The highest BCUT2D eigenvalue weighted by molar-refractivity contribution is 6.03. The largest absolute Gasteiger partial charge is 0.490 e. The van der Waals surface area contributed by atoms with Crippen LogP contribution in [-0.4, -0.2) is 49.7 Å². The molecule has 0 spiro atoms. The third-order valence-corrected chi connectivity index (χ3v) is 5.50. The molecule has 3 amide bonds. The Labute approximate surface area is 250 Å². The zero-order valence-corrected chi connectivity index (χ0v) is 23.7. The molecule has 0 bridgehead atoms. The van der Waals surface area contributed by atoms with E-state index >= 15 is 0 Å². The molecular formula is C30H29F3N4O7. The Balaban J connectivity index is 1.50. The highest BCUT2D eigenvalue weighted by Gasteiger charge is 2.30. The minimum absolute atomic E-state index is 0.103. The van der Waals surface area contributed by atoms with Gasteiger partial charge in [0.1, 0.15) is 6.42 Å². The fourth-order valence-electron chi connectivity index (χ4n) is 3.58. The van der Waals surface area contributed by atoms with E-state index in [1.54, 1.807) is 38.1 Å². The summed E-state index contributed by atoms with van der Waals surface area (Å²) in [7, 11) is 0. The fraction of sp³-hybridized carbons (Fsp3) is 0.233. The molecule has 0 unspecified atom stereocenters. The lowest BCUT2D eigenvalue weighted by molar-refractivity contribution is -0.137. The van der Waals surface area contributed by atoms with Crippen molar-refractivity contribution in [3.8, 4) is 11.5 Å². The van der Waals surface area contributed by atoms with Gasteiger partial charge in [-0.3, -0.25) is 14.4 Å². The standard InChI is InChI=1S/C30H29F3N4O7/c1-3-42-25-14-19(17-34-37-27(39)16-26(38)36-23-7-5-6-21(15-23)30(31,32)33)8-13-24(25)44-18-28(40)35-22-11-9-20(10-12-22)29(41)43-4-2/h5-15,17H,3-4,16,18H2,1-2H3,(H,35,40)(H,36,38)(H,37,39). The van der Waals surface area contributed by atoms with Gasteiger partial charge in [-0.15, -0.1) is 0 Å². The van der Waals surface area contributed by atoms with Gasteiger partial charge in [0.05, 0.1) is 30.6 Å². The van der Waals surface area contributed by atoms with Crippen LogP contribution in [0.5, 0.6) is 11.5 Å². The number of nitrogens with zero attached hydrogens (tertiary/aromatic N) is 1. The molecule has 0 atom stereocenters. The van der Waals surface area contributed by atoms with Crippen LogP contribution in [0, 0.1) is 0 Å². The third-order valence-electron chi connectivity index (χ3n) is 5.50. The second-order valence-corrected chi connectivity index (χ2v) is 8.87. The van der Waals surface area contributed by atoms with E-state index < -0.39 is 41.9 Å². The molecule has 3 aromatic carbocycles. The van der Waals surface area contributed by atoms with Crippen molar-refractivity contribution in [2.75, 3.05) is 30.5 Å². The van der Waals surface area contributed by atoms with E-state index in [1.165, 1.54) is 30.5 Å². The number of esters is 1. The van der Waals surface area contributed by atoms with Gasteiger partial charge in [0.2, 0.25) is 11.8 Å². The van der Waals surface area contributed by atoms with Gasteiger partial charge in [-0.25, -0.2) is 10.2 Å². The lowest BCUT2D eigenvalue weighted by atomic mass is 10.2. The van der Waals surface area contributed by atoms with Crippen LogP contribution in [0.25, 0.3) is 0 Å². The van der Waals surface area contributed by atoms with Crippen molar-refractivity contribution in [2.24, 2.45) is 5.10 Å². The minimum Gasteiger partial charge on any atom is -0.490 e. The van der Waals surface area contributed by atoms with E-state index in [4.69, 9.17) is 14.2 Å². The maximum atomic E-state index is 12.8. The van der Waals surface area contributed by atoms with Crippen LogP contribution in [0.15, 0.2) is 71.8 Å². The molecule has 11 nitrogen and oxygen atoms in total. The van der Waals surface area contributed by atoms with Crippen LogP contribution in [-0.2, 0) is 25.3 Å². The Morgan fingerprint density at radius 2 is 1.52 bits per heavy atom. The number of carbonyl (C=O) groups excluding carboxylic acids is 4. The predicted octanol–water partition coefficient (Wildman–Crippen LogP) is 4.78. The first-order valence-corrected chi connectivity index (χ1v) is 13.2. The Morgan fingerprint density at radius 3 is 2.20 bits per heavy atom. The molecule has 0 saturated carbocycles. The summed E-state index contributed by atoms with van der Waals surface area (Å²) >= 11 is 0. The van der Waals surface area contributed by atoms with Gasteiger partial charge >= 0.3 is 12.1 Å². The topological polar surface area (TPSA) is 144 Å². The number of ether oxygens (including phenoxy) is 3. The molecule has 0 aliphatic carbocycles. The van der Waals surface area contributed by atoms with E-state index in [1.807, 2.05) is 0 Å². The van der Waals surface area contributed by atoms with E-state index in [0.29, 0.717) is 22.6 Å². The van der Waals surface area contributed by atoms with E-state index in [-0.39, 0.29) is 31.3 Å². The first-order chi connectivity index (χ1) is 21.0. The molecule has 3 aromatic rings. The van der Waals surface area contributed by atoms with Crippen molar-refractivity contribution in [2.45, 2.75) is 26.4 Å². The molecule has 14 heteroatoms. The van der Waals surface area contributed by atoms with Crippen molar-refractivity contribution >= 4 is 41.3 Å². The first-order valence-electron chi connectivity index (χ1n) is 13.2. The minimum atomic E-state index is -4.57. The molecule has 0 fully saturated rings. The zero-order valence-electron chi connectivity index (χ0n) is 23.7. The van der Waals surface area contributed by atoms with Crippen molar-refractivity contribution in [1.82, 2.24) is 5.43 Å². The van der Waals surface area contributed by atoms with Crippen LogP contribution >= 0.6 is 0 Å². The highest BCUT2D eigenvalue weighted by atomic mass is 19.4. The second kappa shape index (κ2) is 15.7. The average molecular weight is 615 g/mol. The summed E-state index contributed by atoms with van der Waals surface area (Å²) in [6.07, 6.45) is -3.97. The quantitative estimate of drug-likeness (QED) is 0.109. The summed E-state index contributed by atoms with van der Waals surface area (Å²) in [5, 5.41) is 8.68. The van der Waals surface area contributed by atoms with Gasteiger partial charge in [0, 0.05) is 11.4 Å². The smallest absolute Gasteiger partial charge is 0.416 e. The molecule has 0 aliphatic rings. The summed E-state index contributed by atoms with van der Waals surface area (Å²) in [6, 6.07) is 14.9. The molecular weight excluding hydrogens is 585 g/mol. The van der Waals surface area contributed by atoms with Crippen molar-refractivity contribution in [3.63, 3.8) is 0 Å². The van der Waals surface area contributed by atoms with E-state index in [9.17, 15) is 32.3 Å². The molecule has 0 heterocycles. The summed E-state index contributed by atoms with van der Waals surface area (Å²) < 4.78 is 54.6. The Morgan fingerprint density at radius 1 is 0.795 bits per heavy atom. The maximum absolute atomic E-state index is 12.8. The van der Waals surface area contributed by atoms with E-state index in [2.05, 4.69) is 21.2 Å². The first kappa shape index (κ1) is 33.1. The molecule has 0 radical (unpaired) electrons. The van der Waals surface area contributed by atoms with Crippen molar-refractivity contribution in [3.05, 3.63) is 83.4 Å². The number of rotatable bonds is 13. The van der Waals surface area contributed by atoms with Gasteiger partial charge < -0.3 is 24.8 Å². The maximum Gasteiger partial charge on any atom is 0.416 e. The van der Waals surface area contributed by atoms with Gasteiger partial charge in [-0.05, 0) is 80.1 Å². The highest BCUT2D eigenvalue weighted by Crippen LogP contribution is 2.31. The molecule has 0 aliphatic heterocycles. The summed E-state index contributed by atoms with van der Waals surface area (Å²) in [6.45, 7) is 3.65. The number of hydrogen-bond donors (Lipinski definition) is 3. The van der Waals surface area contributed by atoms with Gasteiger partial charge in [-0.2, -0.15) is 18.3 Å². The number of nitrogens with one attached hydrogen (secondary N) is 3. The normalized spacial score (nSPS) is 11.0. The SMILES string of the molecule is CCOC(=O)c1ccc(NC(=O)COc2ccc(C=NNC(=O)CC(=O)Nc3cccc(C(F)(F)F)c3)cc2OCC)cc1. The Kier molecular flexibility index (Phi) is 11.8. The molecule has 44 heavy (non-hydrogen) atoms. The van der Waals surface area contributed by atoms with Crippen LogP contribution in [0.3, 0.4) is 0 Å². The summed E-state index contributed by atoms with van der Waals surface area (Å²) in [5.74, 6) is -1.97. The molecule has 0 aromatic heterocycles. The average Bonchev–Trinajstić information content (AvgIpc) is 2.97. The number of alkyl halides is 3. The monoisotopic (exact) mass is 614 g/mol. The zero-order chi connectivity index (χ0) is 32.1. The Hall–Kier alpha value is -5.40. The molecule has 0 saturated heterocycles. The Bertz CT molecular complexity index is 1510. The van der Waals surface area contributed by atoms with Gasteiger partial charge in [0.25, 0.3) is 5.91 Å². The summed E-state index contributed by atoms with van der Waals surface area (Å²) in [4.78, 5) is 48.3. The van der Waals surface area contributed by atoms with E-state index in [0.717, 1.165) is 18.2 Å². The number of hydrazone groups is 1. The van der Waals surface area contributed by atoms with Crippen LogP contribution in [0.2, 0.25) is 0 Å². The van der Waals surface area contributed by atoms with Crippen LogP contribution in [0.4, 0.5) is 24.5 Å². The van der Waals surface area contributed by atoms with Gasteiger partial charge in [-0.1, -0.05) is 6.07 Å². The number of anilines is 2. The number of carbonyl (C=O) groups is 4. The number of halogens is 3. The fourth-order valence-corrected chi connectivity index (χ4v) is 3.58. The lowest BCUT2D eigenvalue weighted by Gasteiger charge is -2.13. The summed E-state index contributed by atoms with van der Waals surface area (Å²) in [5.41, 5.74) is 2.43. The van der Waals surface area contributed by atoms with Crippen molar-refractivity contribution in [1.29, 1.82) is 0 Å². The molecule has 3 N–H and O–H groups in total. The van der Waals surface area contributed by atoms with Gasteiger partial charge in [0.15, 0.2) is 18.1 Å². The number of benzene rings is 3.